The molecule has 0 spiro atoms. The molecule has 1 unspecified atom stereocenters. The number of carbonyl (C=O) groups excluding carboxylic acids is 1. The third-order valence-electron chi connectivity index (χ3n) is 6.16. The van der Waals surface area contributed by atoms with Gasteiger partial charge in [-0.05, 0) is 51.2 Å². The Morgan fingerprint density at radius 3 is 2.59 bits per heavy atom. The molecule has 1 atom stereocenters. The number of carbonyl (C=O) groups is 1. The van der Waals surface area contributed by atoms with Crippen molar-refractivity contribution in [2.45, 2.75) is 45.1 Å². The standard InChI is InChI=1S/C23H27N5O/c1-17-16-28-21(24-22(17)26-12-7-8-13-26)15-19(25-28)20-11-5-6-14-27(20)23(29)18-9-3-2-4-10-18/h2-4,9-10,15-16,20H,5-8,11-14H2,1H3. The predicted molar refractivity (Wildman–Crippen MR) is 113 cm³/mol. The van der Waals surface area contributed by atoms with E-state index in [0.717, 1.165) is 67.2 Å². The molecule has 3 aromatic rings. The van der Waals surface area contributed by atoms with Crippen LogP contribution in [0.2, 0.25) is 0 Å². The Morgan fingerprint density at radius 1 is 1.03 bits per heavy atom. The largest absolute Gasteiger partial charge is 0.356 e. The summed E-state index contributed by atoms with van der Waals surface area (Å²) >= 11 is 0. The first-order valence-electron chi connectivity index (χ1n) is 10.7. The highest BCUT2D eigenvalue weighted by molar-refractivity contribution is 5.94. The second-order valence-corrected chi connectivity index (χ2v) is 8.19. The maximum Gasteiger partial charge on any atom is 0.254 e. The van der Waals surface area contributed by atoms with E-state index in [2.05, 4.69) is 24.1 Å². The van der Waals surface area contributed by atoms with Gasteiger partial charge in [0.2, 0.25) is 0 Å². The van der Waals surface area contributed by atoms with Gasteiger partial charge >= 0.3 is 0 Å². The molecule has 2 saturated heterocycles. The van der Waals surface area contributed by atoms with Crippen molar-refractivity contribution in [3.63, 3.8) is 0 Å². The van der Waals surface area contributed by atoms with Crippen LogP contribution in [0.15, 0.2) is 42.6 Å². The Kier molecular flexibility index (Phi) is 4.70. The molecule has 2 aromatic heterocycles. The Balaban J connectivity index is 1.48. The van der Waals surface area contributed by atoms with Crippen molar-refractivity contribution < 1.29 is 4.79 Å². The van der Waals surface area contributed by atoms with E-state index in [9.17, 15) is 4.79 Å². The van der Waals surface area contributed by atoms with Crippen LogP contribution in [0.25, 0.3) is 5.65 Å². The first-order valence-corrected chi connectivity index (χ1v) is 10.7. The van der Waals surface area contributed by atoms with E-state index in [1.54, 1.807) is 0 Å². The molecule has 2 aliphatic rings. The average molecular weight is 390 g/mol. The number of rotatable bonds is 3. The fraction of sp³-hybridized carbons (Fsp3) is 0.435. The van der Waals surface area contributed by atoms with Crippen LogP contribution in [-0.4, -0.2) is 45.0 Å². The zero-order valence-corrected chi connectivity index (χ0v) is 16.9. The topological polar surface area (TPSA) is 53.7 Å². The summed E-state index contributed by atoms with van der Waals surface area (Å²) in [6.07, 6.45) is 7.64. The lowest BCUT2D eigenvalue weighted by Gasteiger charge is -2.34. The van der Waals surface area contributed by atoms with Crippen molar-refractivity contribution in [3.05, 3.63) is 59.4 Å². The number of aromatic nitrogens is 3. The Bertz CT molecular complexity index is 1020. The van der Waals surface area contributed by atoms with Gasteiger partial charge in [0.1, 0.15) is 5.82 Å². The predicted octanol–water partition coefficient (Wildman–Crippen LogP) is 4.01. The molecule has 0 bridgehead atoms. The van der Waals surface area contributed by atoms with Gasteiger partial charge in [0.25, 0.3) is 5.91 Å². The number of benzene rings is 1. The normalized spacial score (nSPS) is 19.8. The van der Waals surface area contributed by atoms with Crippen LogP contribution < -0.4 is 4.90 Å². The minimum absolute atomic E-state index is 0.00805. The van der Waals surface area contributed by atoms with E-state index in [-0.39, 0.29) is 11.9 Å². The molecule has 1 amide bonds. The fourth-order valence-electron chi connectivity index (χ4n) is 4.66. The van der Waals surface area contributed by atoms with Gasteiger partial charge in [0, 0.05) is 43.0 Å². The number of amides is 1. The Morgan fingerprint density at radius 2 is 1.79 bits per heavy atom. The lowest BCUT2D eigenvalue weighted by Crippen LogP contribution is -2.38. The number of hydrogen-bond acceptors (Lipinski definition) is 4. The lowest BCUT2D eigenvalue weighted by molar-refractivity contribution is 0.0605. The molecule has 0 N–H and O–H groups in total. The molecule has 5 rings (SSSR count). The number of likely N-dealkylation sites (tertiary alicyclic amines) is 1. The number of hydrogen-bond donors (Lipinski definition) is 0. The Labute approximate surface area is 171 Å². The van der Waals surface area contributed by atoms with Gasteiger partial charge in [0.15, 0.2) is 5.65 Å². The Hall–Kier alpha value is -2.89. The number of aryl methyl sites for hydroxylation is 1. The zero-order chi connectivity index (χ0) is 19.8. The van der Waals surface area contributed by atoms with Crippen LogP contribution in [0.1, 0.15) is 59.8 Å². The van der Waals surface area contributed by atoms with Crippen molar-refractivity contribution in [1.29, 1.82) is 0 Å². The summed E-state index contributed by atoms with van der Waals surface area (Å²) in [6.45, 7) is 5.03. The van der Waals surface area contributed by atoms with Gasteiger partial charge in [-0.25, -0.2) is 9.50 Å². The first-order chi connectivity index (χ1) is 14.2. The summed E-state index contributed by atoms with van der Waals surface area (Å²) in [5.74, 6) is 1.16. The molecule has 2 fully saturated rings. The first kappa shape index (κ1) is 18.2. The van der Waals surface area contributed by atoms with Gasteiger partial charge in [-0.15, -0.1) is 0 Å². The van der Waals surface area contributed by atoms with Crippen molar-refractivity contribution in [2.75, 3.05) is 24.5 Å². The number of nitrogens with zero attached hydrogens (tertiary/aromatic N) is 5. The minimum Gasteiger partial charge on any atom is -0.356 e. The maximum absolute atomic E-state index is 13.1. The van der Waals surface area contributed by atoms with Crippen LogP contribution in [0.3, 0.4) is 0 Å². The van der Waals surface area contributed by atoms with Crippen LogP contribution in [0.4, 0.5) is 5.82 Å². The highest BCUT2D eigenvalue weighted by Crippen LogP contribution is 2.32. The number of fused-ring (bicyclic) bond motifs is 1. The van der Waals surface area contributed by atoms with Crippen LogP contribution in [0, 0.1) is 6.92 Å². The molecule has 0 saturated carbocycles. The number of anilines is 1. The minimum atomic E-state index is 0.00805. The lowest BCUT2D eigenvalue weighted by atomic mass is 9.98. The summed E-state index contributed by atoms with van der Waals surface area (Å²) in [7, 11) is 0. The van der Waals surface area contributed by atoms with Crippen molar-refractivity contribution in [1.82, 2.24) is 19.5 Å². The molecule has 6 nitrogen and oxygen atoms in total. The molecule has 1 aromatic carbocycles. The van der Waals surface area contributed by atoms with E-state index in [4.69, 9.17) is 10.1 Å². The van der Waals surface area contributed by atoms with E-state index < -0.39 is 0 Å². The molecular formula is C23H27N5O. The highest BCUT2D eigenvalue weighted by atomic mass is 16.2. The van der Waals surface area contributed by atoms with Gasteiger partial charge in [0.05, 0.1) is 11.7 Å². The van der Waals surface area contributed by atoms with Crippen molar-refractivity contribution in [2.24, 2.45) is 0 Å². The van der Waals surface area contributed by atoms with Crippen LogP contribution in [0.5, 0.6) is 0 Å². The summed E-state index contributed by atoms with van der Waals surface area (Å²) in [4.78, 5) is 22.4. The maximum atomic E-state index is 13.1. The van der Waals surface area contributed by atoms with E-state index in [1.165, 1.54) is 12.8 Å². The smallest absolute Gasteiger partial charge is 0.254 e. The van der Waals surface area contributed by atoms with E-state index in [0.29, 0.717) is 0 Å². The fourth-order valence-corrected chi connectivity index (χ4v) is 4.66. The average Bonchev–Trinajstić information content (AvgIpc) is 3.43. The quantitative estimate of drug-likeness (QED) is 0.679. The van der Waals surface area contributed by atoms with E-state index in [1.807, 2.05) is 39.7 Å². The molecular weight excluding hydrogens is 362 g/mol. The molecule has 0 radical (unpaired) electrons. The van der Waals surface area contributed by atoms with Gasteiger partial charge in [-0.3, -0.25) is 4.79 Å². The van der Waals surface area contributed by atoms with Gasteiger partial charge < -0.3 is 9.80 Å². The molecule has 4 heterocycles. The second kappa shape index (κ2) is 7.50. The second-order valence-electron chi connectivity index (χ2n) is 8.19. The van der Waals surface area contributed by atoms with Gasteiger partial charge in [-0.2, -0.15) is 5.10 Å². The summed E-state index contributed by atoms with van der Waals surface area (Å²) in [5.41, 5.74) is 3.70. The highest BCUT2D eigenvalue weighted by Gasteiger charge is 2.31. The van der Waals surface area contributed by atoms with Crippen LogP contribution in [-0.2, 0) is 0 Å². The molecule has 0 aliphatic carbocycles. The summed E-state index contributed by atoms with van der Waals surface area (Å²) < 4.78 is 1.88. The molecule has 29 heavy (non-hydrogen) atoms. The molecule has 6 heteroatoms. The molecule has 150 valence electrons. The molecule has 2 aliphatic heterocycles. The van der Waals surface area contributed by atoms with Crippen LogP contribution >= 0.6 is 0 Å². The third-order valence-corrected chi connectivity index (χ3v) is 6.16. The van der Waals surface area contributed by atoms with Crippen molar-refractivity contribution in [3.8, 4) is 0 Å². The summed E-state index contributed by atoms with van der Waals surface area (Å²) in [5, 5.41) is 4.83. The van der Waals surface area contributed by atoms with Crippen molar-refractivity contribution >= 4 is 17.4 Å². The summed E-state index contributed by atoms with van der Waals surface area (Å²) in [6, 6.07) is 11.6. The SMILES string of the molecule is Cc1cn2nc(C3CCCCN3C(=O)c3ccccc3)cc2nc1N1CCCC1. The van der Waals surface area contributed by atoms with Gasteiger partial charge in [-0.1, -0.05) is 18.2 Å². The zero-order valence-electron chi connectivity index (χ0n) is 16.9. The number of piperidine rings is 1. The monoisotopic (exact) mass is 389 g/mol. The third kappa shape index (κ3) is 3.37. The van der Waals surface area contributed by atoms with E-state index >= 15 is 0 Å².